The molecule has 0 saturated carbocycles. The van der Waals surface area contributed by atoms with E-state index in [-0.39, 0.29) is 0 Å². The molecule has 128 valence electrons. The molecule has 0 atom stereocenters. The number of aromatic nitrogens is 1. The molecule has 1 heteroatoms. The van der Waals surface area contributed by atoms with Crippen molar-refractivity contribution in [2.24, 2.45) is 0 Å². The van der Waals surface area contributed by atoms with Gasteiger partial charge < -0.3 is 0 Å². The van der Waals surface area contributed by atoms with E-state index in [0.29, 0.717) is 0 Å². The second-order valence-corrected chi connectivity index (χ2v) is 7.21. The maximum Gasteiger partial charge on any atom is 0.0709 e. The average molecular weight is 337 g/mol. The van der Waals surface area contributed by atoms with Gasteiger partial charge >= 0.3 is 0 Å². The molecule has 0 aliphatic heterocycles. The summed E-state index contributed by atoms with van der Waals surface area (Å²) in [6, 6.07) is 24.0. The Balaban J connectivity index is 1.77. The molecule has 0 N–H and O–H groups in total. The monoisotopic (exact) mass is 337 g/mol. The van der Waals surface area contributed by atoms with Crippen LogP contribution in [0.15, 0.2) is 66.7 Å². The van der Waals surface area contributed by atoms with E-state index in [1.807, 2.05) is 0 Å². The first kappa shape index (κ1) is 16.5. The molecule has 26 heavy (non-hydrogen) atoms. The number of rotatable bonds is 2. The third kappa shape index (κ3) is 3.01. The molecular weight excluding hydrogens is 314 g/mol. The molecule has 0 radical (unpaired) electrons. The van der Waals surface area contributed by atoms with Crippen LogP contribution in [0.4, 0.5) is 0 Å². The lowest BCUT2D eigenvalue weighted by molar-refractivity contribution is 1.26. The van der Waals surface area contributed by atoms with Crippen LogP contribution in [0.5, 0.6) is 0 Å². The molecule has 1 heterocycles. The molecular formula is C25H23N. The molecule has 0 amide bonds. The topological polar surface area (TPSA) is 12.9 Å². The van der Waals surface area contributed by atoms with Crippen LogP contribution < -0.4 is 0 Å². The lowest BCUT2D eigenvalue weighted by Gasteiger charge is -2.10. The summed E-state index contributed by atoms with van der Waals surface area (Å²) in [6.07, 6.45) is 0. The Morgan fingerprint density at radius 3 is 1.92 bits per heavy atom. The first-order chi connectivity index (χ1) is 12.5. The van der Waals surface area contributed by atoms with Crippen molar-refractivity contribution in [1.82, 2.24) is 4.98 Å². The molecule has 1 nitrogen and oxygen atoms in total. The van der Waals surface area contributed by atoms with E-state index in [1.54, 1.807) is 0 Å². The summed E-state index contributed by atoms with van der Waals surface area (Å²) in [4.78, 5) is 4.91. The highest BCUT2D eigenvalue weighted by molar-refractivity contribution is 5.86. The number of pyridine rings is 1. The quantitative estimate of drug-likeness (QED) is 0.392. The number of nitrogens with zero attached hydrogens (tertiary/aromatic N) is 1. The number of hydrogen-bond acceptors (Lipinski definition) is 1. The van der Waals surface area contributed by atoms with Crippen molar-refractivity contribution in [3.8, 4) is 22.4 Å². The summed E-state index contributed by atoms with van der Waals surface area (Å²) in [6.45, 7) is 8.63. The largest absolute Gasteiger partial charge is 0.248 e. The Morgan fingerprint density at radius 1 is 0.577 bits per heavy atom. The van der Waals surface area contributed by atoms with E-state index in [0.717, 1.165) is 11.2 Å². The summed E-state index contributed by atoms with van der Waals surface area (Å²) >= 11 is 0. The summed E-state index contributed by atoms with van der Waals surface area (Å²) in [7, 11) is 0. The number of fused-ring (bicyclic) bond motifs is 1. The lowest BCUT2D eigenvalue weighted by atomic mass is 9.98. The molecule has 0 unspecified atom stereocenters. The fraction of sp³-hybridized carbons (Fsp3) is 0.160. The molecule has 0 spiro atoms. The Hall–Kier alpha value is -2.93. The fourth-order valence-corrected chi connectivity index (χ4v) is 3.40. The van der Waals surface area contributed by atoms with Crippen LogP contribution in [-0.4, -0.2) is 4.98 Å². The van der Waals surface area contributed by atoms with Gasteiger partial charge in [-0.2, -0.15) is 0 Å². The molecule has 0 saturated heterocycles. The second kappa shape index (κ2) is 6.42. The fourth-order valence-electron chi connectivity index (χ4n) is 3.40. The van der Waals surface area contributed by atoms with Crippen molar-refractivity contribution >= 4 is 10.9 Å². The summed E-state index contributed by atoms with van der Waals surface area (Å²) in [5.74, 6) is 0. The number of aryl methyl sites for hydroxylation is 3. The van der Waals surface area contributed by atoms with Gasteiger partial charge in [-0.15, -0.1) is 0 Å². The van der Waals surface area contributed by atoms with Gasteiger partial charge in [0, 0.05) is 10.9 Å². The van der Waals surface area contributed by atoms with Crippen LogP contribution >= 0.6 is 0 Å². The SMILES string of the molecule is Cc1ccc(-c2ccc3nc(-c4cc(C)c(C)c(C)c4)ccc3c2)cc1. The Morgan fingerprint density at radius 2 is 1.23 bits per heavy atom. The van der Waals surface area contributed by atoms with Crippen LogP contribution in [0.2, 0.25) is 0 Å². The Kier molecular flexibility index (Phi) is 4.08. The first-order valence-corrected chi connectivity index (χ1v) is 9.07. The van der Waals surface area contributed by atoms with Crippen molar-refractivity contribution in [1.29, 1.82) is 0 Å². The van der Waals surface area contributed by atoms with Crippen LogP contribution in [0, 0.1) is 27.7 Å². The third-order valence-corrected chi connectivity index (χ3v) is 5.30. The lowest BCUT2D eigenvalue weighted by Crippen LogP contribution is -1.91. The zero-order valence-electron chi connectivity index (χ0n) is 15.8. The summed E-state index contributed by atoms with van der Waals surface area (Å²) in [5, 5.41) is 1.17. The highest BCUT2D eigenvalue weighted by atomic mass is 14.7. The normalized spacial score (nSPS) is 11.1. The predicted octanol–water partition coefficient (Wildman–Crippen LogP) is 6.80. The number of benzene rings is 3. The minimum atomic E-state index is 1.03. The van der Waals surface area contributed by atoms with Crippen LogP contribution in [0.25, 0.3) is 33.3 Å². The van der Waals surface area contributed by atoms with Crippen LogP contribution in [0.3, 0.4) is 0 Å². The van der Waals surface area contributed by atoms with Gasteiger partial charge in [-0.25, -0.2) is 4.98 Å². The third-order valence-electron chi connectivity index (χ3n) is 5.30. The van der Waals surface area contributed by atoms with Gasteiger partial charge in [0.2, 0.25) is 0 Å². The van der Waals surface area contributed by atoms with Gasteiger partial charge in [0.05, 0.1) is 11.2 Å². The highest BCUT2D eigenvalue weighted by Crippen LogP contribution is 2.28. The first-order valence-electron chi connectivity index (χ1n) is 9.07. The summed E-state index contributed by atoms with van der Waals surface area (Å²) < 4.78 is 0. The molecule has 0 fully saturated rings. The van der Waals surface area contributed by atoms with Crippen molar-refractivity contribution < 1.29 is 0 Å². The second-order valence-electron chi connectivity index (χ2n) is 7.21. The van der Waals surface area contributed by atoms with E-state index in [2.05, 4.69) is 94.4 Å². The van der Waals surface area contributed by atoms with Crippen molar-refractivity contribution in [3.05, 3.63) is 89.0 Å². The van der Waals surface area contributed by atoms with Gasteiger partial charge in [0.1, 0.15) is 0 Å². The van der Waals surface area contributed by atoms with Crippen molar-refractivity contribution in [2.75, 3.05) is 0 Å². The molecule has 4 rings (SSSR count). The molecule has 4 aromatic rings. The minimum absolute atomic E-state index is 1.03. The van der Waals surface area contributed by atoms with Crippen LogP contribution in [-0.2, 0) is 0 Å². The van der Waals surface area contributed by atoms with E-state index < -0.39 is 0 Å². The van der Waals surface area contributed by atoms with E-state index in [1.165, 1.54) is 44.3 Å². The zero-order valence-corrected chi connectivity index (χ0v) is 15.8. The smallest absolute Gasteiger partial charge is 0.0709 e. The summed E-state index contributed by atoms with van der Waals surface area (Å²) in [5.41, 5.74) is 11.0. The number of hydrogen-bond donors (Lipinski definition) is 0. The van der Waals surface area contributed by atoms with E-state index in [9.17, 15) is 0 Å². The van der Waals surface area contributed by atoms with E-state index >= 15 is 0 Å². The molecule has 0 aliphatic carbocycles. The molecule has 3 aromatic carbocycles. The minimum Gasteiger partial charge on any atom is -0.248 e. The maximum absolute atomic E-state index is 4.91. The van der Waals surface area contributed by atoms with Crippen molar-refractivity contribution in [2.45, 2.75) is 27.7 Å². The zero-order chi connectivity index (χ0) is 18.3. The molecule has 1 aromatic heterocycles. The Labute approximate surface area is 155 Å². The maximum atomic E-state index is 4.91. The Bertz CT molecular complexity index is 1080. The molecule has 0 aliphatic rings. The van der Waals surface area contributed by atoms with Crippen LogP contribution in [0.1, 0.15) is 22.3 Å². The predicted molar refractivity (Wildman–Crippen MR) is 112 cm³/mol. The average Bonchev–Trinajstić information content (AvgIpc) is 2.65. The standard InChI is InChI=1S/C25H23N/c1-16-5-7-20(8-6-16)21-9-11-24-22(15-21)10-12-25(26-24)23-13-17(2)19(4)18(3)14-23/h5-15H,1-4H3. The van der Waals surface area contributed by atoms with Crippen molar-refractivity contribution in [3.63, 3.8) is 0 Å². The van der Waals surface area contributed by atoms with Gasteiger partial charge in [-0.1, -0.05) is 42.0 Å². The van der Waals surface area contributed by atoms with Gasteiger partial charge in [0.25, 0.3) is 0 Å². The van der Waals surface area contributed by atoms with Gasteiger partial charge in [-0.3, -0.25) is 0 Å². The molecule has 0 bridgehead atoms. The highest BCUT2D eigenvalue weighted by Gasteiger charge is 2.07. The van der Waals surface area contributed by atoms with E-state index in [4.69, 9.17) is 4.98 Å². The van der Waals surface area contributed by atoms with Gasteiger partial charge in [-0.05, 0) is 85.8 Å². The van der Waals surface area contributed by atoms with Gasteiger partial charge in [0.15, 0.2) is 0 Å².